The van der Waals surface area contributed by atoms with E-state index in [1.54, 1.807) is 12.3 Å². The van der Waals surface area contributed by atoms with Gasteiger partial charge in [0.05, 0.1) is 22.5 Å². The maximum absolute atomic E-state index is 13.8. The van der Waals surface area contributed by atoms with Gasteiger partial charge < -0.3 is 5.32 Å². The van der Waals surface area contributed by atoms with Gasteiger partial charge in [-0.15, -0.1) is 0 Å². The van der Waals surface area contributed by atoms with E-state index in [9.17, 15) is 9.18 Å². The third-order valence-corrected chi connectivity index (χ3v) is 3.84. The number of hydrogen-bond donors (Lipinski definition) is 1. The van der Waals surface area contributed by atoms with E-state index in [4.69, 9.17) is 0 Å². The molecule has 122 valence electrons. The summed E-state index contributed by atoms with van der Waals surface area (Å²) in [6.45, 7) is 4.32. The minimum absolute atomic E-state index is 0.245. The van der Waals surface area contributed by atoms with Crippen molar-refractivity contribution in [2.75, 3.05) is 6.54 Å². The van der Waals surface area contributed by atoms with Gasteiger partial charge in [0.15, 0.2) is 0 Å². The summed E-state index contributed by atoms with van der Waals surface area (Å²) in [5.41, 5.74) is 3.14. The Bertz CT molecular complexity index is 894. The number of nitrogens with one attached hydrogen (secondary N) is 1. The van der Waals surface area contributed by atoms with E-state index in [-0.39, 0.29) is 5.91 Å². The van der Waals surface area contributed by atoms with E-state index in [1.165, 1.54) is 12.1 Å². The Morgan fingerprint density at radius 3 is 2.71 bits per heavy atom. The molecule has 0 unspecified atom stereocenters. The molecule has 0 spiro atoms. The van der Waals surface area contributed by atoms with Crippen LogP contribution in [0.4, 0.5) is 4.39 Å². The quantitative estimate of drug-likeness (QED) is 0.795. The number of nitrogens with zero attached hydrogens (tertiary/aromatic N) is 2. The van der Waals surface area contributed by atoms with Crippen LogP contribution in [0.15, 0.2) is 42.6 Å². The number of aromatic nitrogens is 2. The predicted octanol–water partition coefficient (Wildman–Crippen LogP) is 3.75. The summed E-state index contributed by atoms with van der Waals surface area (Å²) in [5.74, 6) is -0.642. The van der Waals surface area contributed by atoms with Crippen LogP contribution < -0.4 is 5.32 Å². The molecular weight excluding hydrogens is 305 g/mol. The molecule has 0 fully saturated rings. The molecule has 5 heteroatoms. The van der Waals surface area contributed by atoms with Crippen LogP contribution in [-0.4, -0.2) is 22.4 Å². The van der Waals surface area contributed by atoms with Gasteiger partial charge in [-0.1, -0.05) is 13.0 Å². The second-order valence-corrected chi connectivity index (χ2v) is 5.40. The standard InChI is InChI=1S/C19H18FN3O/c1-3-14-18(16-7-5-6-10-22-16)17(19(24)21-4-2)13-11-12(20)8-9-15(13)23-14/h5-11H,3-4H2,1-2H3,(H,21,24). The summed E-state index contributed by atoms with van der Waals surface area (Å²) < 4.78 is 13.8. The van der Waals surface area contributed by atoms with E-state index in [1.807, 2.05) is 32.0 Å². The summed E-state index contributed by atoms with van der Waals surface area (Å²) in [6, 6.07) is 9.84. The maximum atomic E-state index is 13.8. The maximum Gasteiger partial charge on any atom is 0.252 e. The van der Waals surface area contributed by atoms with Gasteiger partial charge in [-0.05, 0) is 43.7 Å². The molecule has 0 aliphatic rings. The Labute approximate surface area is 139 Å². The molecule has 0 radical (unpaired) electrons. The molecular formula is C19H18FN3O. The summed E-state index contributed by atoms with van der Waals surface area (Å²) in [5, 5.41) is 3.32. The molecule has 3 rings (SSSR count). The fraction of sp³-hybridized carbons (Fsp3) is 0.211. The summed E-state index contributed by atoms with van der Waals surface area (Å²) in [7, 11) is 0. The number of hydrogen-bond acceptors (Lipinski definition) is 3. The molecule has 2 heterocycles. The average Bonchev–Trinajstić information content (AvgIpc) is 2.61. The van der Waals surface area contributed by atoms with Crippen LogP contribution in [0.1, 0.15) is 29.9 Å². The fourth-order valence-electron chi connectivity index (χ4n) is 2.81. The van der Waals surface area contributed by atoms with Crippen molar-refractivity contribution in [1.82, 2.24) is 15.3 Å². The average molecular weight is 323 g/mol. The zero-order valence-corrected chi connectivity index (χ0v) is 13.6. The second kappa shape index (κ2) is 6.74. The van der Waals surface area contributed by atoms with Gasteiger partial charge >= 0.3 is 0 Å². The number of rotatable bonds is 4. The van der Waals surface area contributed by atoms with Gasteiger partial charge in [-0.2, -0.15) is 0 Å². The first-order valence-corrected chi connectivity index (χ1v) is 7.97. The van der Waals surface area contributed by atoms with Gasteiger partial charge in [0, 0.05) is 23.7 Å². The number of benzene rings is 1. The molecule has 24 heavy (non-hydrogen) atoms. The zero-order chi connectivity index (χ0) is 17.1. The van der Waals surface area contributed by atoms with Gasteiger partial charge in [0.1, 0.15) is 5.82 Å². The largest absolute Gasteiger partial charge is 0.352 e. The lowest BCUT2D eigenvalue weighted by molar-refractivity contribution is 0.0958. The van der Waals surface area contributed by atoms with Crippen LogP contribution in [0.25, 0.3) is 22.2 Å². The lowest BCUT2D eigenvalue weighted by Crippen LogP contribution is -2.24. The Balaban J connectivity index is 2.42. The molecule has 2 aromatic heterocycles. The van der Waals surface area contributed by atoms with Crippen LogP contribution in [0.5, 0.6) is 0 Å². The van der Waals surface area contributed by atoms with E-state index in [2.05, 4.69) is 15.3 Å². The highest BCUT2D eigenvalue weighted by Gasteiger charge is 2.22. The van der Waals surface area contributed by atoms with Crippen molar-refractivity contribution in [3.8, 4) is 11.3 Å². The second-order valence-electron chi connectivity index (χ2n) is 5.40. The van der Waals surface area contributed by atoms with Crippen molar-refractivity contribution in [3.05, 3.63) is 59.7 Å². The number of amides is 1. The molecule has 0 aliphatic carbocycles. The monoisotopic (exact) mass is 323 g/mol. The molecule has 1 aromatic carbocycles. The molecule has 0 bridgehead atoms. The summed E-state index contributed by atoms with van der Waals surface area (Å²) >= 11 is 0. The number of carbonyl (C=O) groups excluding carboxylic acids is 1. The van der Waals surface area contributed by atoms with Crippen LogP contribution in [0, 0.1) is 5.82 Å². The Kier molecular flexibility index (Phi) is 4.51. The molecule has 3 aromatic rings. The van der Waals surface area contributed by atoms with Crippen molar-refractivity contribution in [2.24, 2.45) is 0 Å². The topological polar surface area (TPSA) is 54.9 Å². The van der Waals surface area contributed by atoms with Crippen molar-refractivity contribution in [2.45, 2.75) is 20.3 Å². The van der Waals surface area contributed by atoms with E-state index in [0.29, 0.717) is 40.7 Å². The minimum Gasteiger partial charge on any atom is -0.352 e. The van der Waals surface area contributed by atoms with Crippen LogP contribution in [-0.2, 0) is 6.42 Å². The first-order valence-electron chi connectivity index (χ1n) is 7.97. The van der Waals surface area contributed by atoms with Crippen LogP contribution in [0.2, 0.25) is 0 Å². The molecule has 1 N–H and O–H groups in total. The smallest absolute Gasteiger partial charge is 0.252 e. The number of carbonyl (C=O) groups is 1. The molecule has 1 amide bonds. The van der Waals surface area contributed by atoms with E-state index in [0.717, 1.165) is 5.69 Å². The van der Waals surface area contributed by atoms with Crippen molar-refractivity contribution in [3.63, 3.8) is 0 Å². The van der Waals surface area contributed by atoms with Crippen molar-refractivity contribution < 1.29 is 9.18 Å². The molecule has 0 saturated heterocycles. The highest BCUT2D eigenvalue weighted by molar-refractivity contribution is 6.11. The lowest BCUT2D eigenvalue weighted by Gasteiger charge is -2.16. The number of aryl methyl sites for hydroxylation is 1. The summed E-state index contributed by atoms with van der Waals surface area (Å²) in [4.78, 5) is 21.7. The first kappa shape index (κ1) is 16.1. The van der Waals surface area contributed by atoms with Gasteiger partial charge in [-0.25, -0.2) is 4.39 Å². The van der Waals surface area contributed by atoms with Gasteiger partial charge in [0.25, 0.3) is 5.91 Å². The highest BCUT2D eigenvalue weighted by Crippen LogP contribution is 2.32. The van der Waals surface area contributed by atoms with E-state index >= 15 is 0 Å². The fourth-order valence-corrected chi connectivity index (χ4v) is 2.81. The van der Waals surface area contributed by atoms with Gasteiger partial charge in [0.2, 0.25) is 0 Å². The van der Waals surface area contributed by atoms with Crippen molar-refractivity contribution in [1.29, 1.82) is 0 Å². The third-order valence-electron chi connectivity index (χ3n) is 3.84. The minimum atomic E-state index is -0.397. The van der Waals surface area contributed by atoms with Crippen LogP contribution >= 0.6 is 0 Å². The zero-order valence-electron chi connectivity index (χ0n) is 13.6. The predicted molar refractivity (Wildman–Crippen MR) is 92.3 cm³/mol. The number of fused-ring (bicyclic) bond motifs is 1. The number of halogens is 1. The van der Waals surface area contributed by atoms with E-state index < -0.39 is 5.82 Å². The Morgan fingerprint density at radius 2 is 2.04 bits per heavy atom. The Morgan fingerprint density at radius 1 is 1.21 bits per heavy atom. The third kappa shape index (κ3) is 2.85. The Hall–Kier alpha value is -2.82. The molecule has 0 aliphatic heterocycles. The van der Waals surface area contributed by atoms with Crippen molar-refractivity contribution >= 4 is 16.8 Å². The first-order chi connectivity index (χ1) is 11.7. The normalized spacial score (nSPS) is 10.8. The van der Waals surface area contributed by atoms with Gasteiger partial charge in [-0.3, -0.25) is 14.8 Å². The SMILES string of the molecule is CCNC(=O)c1c(-c2ccccn2)c(CC)nc2ccc(F)cc12. The van der Waals surface area contributed by atoms with Crippen LogP contribution in [0.3, 0.4) is 0 Å². The number of pyridine rings is 2. The lowest BCUT2D eigenvalue weighted by atomic mass is 9.95. The molecule has 0 saturated carbocycles. The summed E-state index contributed by atoms with van der Waals surface area (Å²) in [6.07, 6.45) is 2.32. The highest BCUT2D eigenvalue weighted by atomic mass is 19.1. The molecule has 0 atom stereocenters. The molecule has 4 nitrogen and oxygen atoms in total.